The molecule has 0 amide bonds. The number of anilines is 2. The molecule has 1 aliphatic rings. The number of quaternary nitrogens is 1. The number of hydrogen-bond donors (Lipinski definition) is 0. The van der Waals surface area contributed by atoms with Crippen molar-refractivity contribution < 1.29 is 21.6 Å². The Bertz CT molecular complexity index is 1260. The minimum atomic E-state index is -4.41. The van der Waals surface area contributed by atoms with E-state index in [0.717, 1.165) is 59.8 Å². The van der Waals surface area contributed by atoms with Gasteiger partial charge in [-0.1, -0.05) is 11.3 Å². The molecule has 2 heterocycles. The molecular formula is C22H28N8O4S2. The Morgan fingerprint density at radius 2 is 1.75 bits per heavy atom. The first-order chi connectivity index (χ1) is 16.9. The summed E-state index contributed by atoms with van der Waals surface area (Å²) in [5.41, 5.74) is 1.88. The lowest BCUT2D eigenvalue weighted by Crippen LogP contribution is -2.55. The van der Waals surface area contributed by atoms with Gasteiger partial charge in [0, 0.05) is 19.8 Å². The zero-order valence-electron chi connectivity index (χ0n) is 20.7. The minimum Gasteiger partial charge on any atom is -0.726 e. The van der Waals surface area contributed by atoms with Crippen molar-refractivity contribution in [1.29, 1.82) is 10.5 Å². The summed E-state index contributed by atoms with van der Waals surface area (Å²) in [4.78, 5) is 9.65. The standard InChI is InChI=1S/C21H25N8S.CH4O4S/c1-27(2)18-7-5-17(6-8-18)25-26-21-24-20(19(30-21)13-16(14-22)15-23)28-9-11-29(3,4)12-10-28;1-5-6(2,3)4/h5-8,13H,9-12H2,1-4H3;1H3,(H,2,3,4)/q+1;/p-1. The van der Waals surface area contributed by atoms with Crippen LogP contribution in [0, 0.1) is 22.7 Å². The number of hydrogen-bond acceptors (Lipinski definition) is 12. The summed E-state index contributed by atoms with van der Waals surface area (Å²) >= 11 is 1.33. The molecule has 0 saturated carbocycles. The van der Waals surface area contributed by atoms with Crippen molar-refractivity contribution in [2.75, 3.05) is 71.3 Å². The van der Waals surface area contributed by atoms with E-state index in [1.807, 2.05) is 55.4 Å². The summed E-state index contributed by atoms with van der Waals surface area (Å²) in [5.74, 6) is 0.764. The zero-order valence-corrected chi connectivity index (χ0v) is 22.4. The minimum absolute atomic E-state index is 0.0517. The topological polar surface area (TPSA) is 158 Å². The Morgan fingerprint density at radius 1 is 1.19 bits per heavy atom. The molecule has 12 nitrogen and oxygen atoms in total. The van der Waals surface area contributed by atoms with Gasteiger partial charge < -0.3 is 18.8 Å². The van der Waals surface area contributed by atoms with Crippen molar-refractivity contribution in [2.24, 2.45) is 10.2 Å². The van der Waals surface area contributed by atoms with Gasteiger partial charge in [-0.2, -0.15) is 15.5 Å². The maximum atomic E-state index is 9.22. The van der Waals surface area contributed by atoms with Gasteiger partial charge in [0.2, 0.25) is 15.5 Å². The number of piperazine rings is 1. The van der Waals surface area contributed by atoms with Crippen LogP contribution in [-0.4, -0.2) is 83.9 Å². The fraction of sp³-hybridized carbons (Fsp3) is 0.409. The third-order valence-corrected chi connectivity index (χ3v) is 6.49. The molecule has 0 N–H and O–H groups in total. The number of likely N-dealkylation sites (N-methyl/N-ethyl adjacent to an activating group) is 1. The van der Waals surface area contributed by atoms with Gasteiger partial charge >= 0.3 is 0 Å². The molecule has 2 aromatic rings. The molecule has 0 bridgehead atoms. The average molecular weight is 533 g/mol. The van der Waals surface area contributed by atoms with Crippen LogP contribution in [0.5, 0.6) is 0 Å². The molecular weight excluding hydrogens is 504 g/mol. The fourth-order valence-corrected chi connectivity index (χ4v) is 3.89. The number of azo groups is 1. The average Bonchev–Trinajstić information content (AvgIpc) is 3.24. The molecule has 3 rings (SSSR count). The molecule has 0 aliphatic carbocycles. The second kappa shape index (κ2) is 12.5. The molecule has 36 heavy (non-hydrogen) atoms. The highest BCUT2D eigenvalue weighted by Gasteiger charge is 2.27. The summed E-state index contributed by atoms with van der Waals surface area (Å²) in [7, 11) is 4.79. The lowest BCUT2D eigenvalue weighted by atomic mass is 10.2. The van der Waals surface area contributed by atoms with Gasteiger partial charge in [0.15, 0.2) is 0 Å². The summed E-state index contributed by atoms with van der Waals surface area (Å²) in [6.07, 6.45) is 1.59. The Balaban J connectivity index is 0.000000678. The number of nitrogens with zero attached hydrogens (tertiary/aromatic N) is 8. The van der Waals surface area contributed by atoms with Crippen LogP contribution in [-0.2, 0) is 14.6 Å². The van der Waals surface area contributed by atoms with Crippen molar-refractivity contribution in [3.05, 3.63) is 34.7 Å². The maximum Gasteiger partial charge on any atom is 0.232 e. The number of rotatable bonds is 6. The number of allylic oxidation sites excluding steroid dienone is 1. The Kier molecular flexibility index (Phi) is 10.0. The van der Waals surface area contributed by atoms with Crippen molar-refractivity contribution in [1.82, 2.24) is 4.98 Å². The van der Waals surface area contributed by atoms with E-state index < -0.39 is 10.4 Å². The molecule has 1 fully saturated rings. The first-order valence-corrected chi connectivity index (χ1v) is 12.8. The fourth-order valence-electron chi connectivity index (χ4n) is 3.03. The van der Waals surface area contributed by atoms with Gasteiger partial charge in [0.1, 0.15) is 23.5 Å². The van der Waals surface area contributed by atoms with Crippen LogP contribution in [0.1, 0.15) is 4.88 Å². The van der Waals surface area contributed by atoms with E-state index in [2.05, 4.69) is 38.4 Å². The summed E-state index contributed by atoms with van der Waals surface area (Å²) in [6.45, 7) is 3.71. The van der Waals surface area contributed by atoms with E-state index in [0.29, 0.717) is 5.13 Å². The first-order valence-electron chi connectivity index (χ1n) is 10.7. The second-order valence-corrected chi connectivity index (χ2v) is 10.7. The summed E-state index contributed by atoms with van der Waals surface area (Å²) in [5, 5.41) is 27.4. The number of nitriles is 2. The van der Waals surface area contributed by atoms with E-state index in [1.54, 1.807) is 6.08 Å². The maximum absolute atomic E-state index is 9.22. The van der Waals surface area contributed by atoms with Crippen LogP contribution < -0.4 is 9.80 Å². The summed E-state index contributed by atoms with van der Waals surface area (Å²) < 4.78 is 32.0. The molecule has 0 unspecified atom stereocenters. The molecule has 1 aromatic heterocycles. The van der Waals surface area contributed by atoms with Crippen molar-refractivity contribution in [3.8, 4) is 12.1 Å². The smallest absolute Gasteiger partial charge is 0.232 e. The lowest BCUT2D eigenvalue weighted by Gasteiger charge is -2.39. The van der Waals surface area contributed by atoms with E-state index in [4.69, 9.17) is 10.5 Å². The van der Waals surface area contributed by atoms with Gasteiger partial charge in [-0.05, 0) is 30.3 Å². The highest BCUT2D eigenvalue weighted by molar-refractivity contribution is 7.80. The third-order valence-electron chi connectivity index (χ3n) is 5.21. The zero-order chi connectivity index (χ0) is 26.9. The van der Waals surface area contributed by atoms with Crippen LogP contribution in [0.15, 0.2) is 40.1 Å². The predicted molar refractivity (Wildman–Crippen MR) is 137 cm³/mol. The predicted octanol–water partition coefficient (Wildman–Crippen LogP) is 3.04. The van der Waals surface area contributed by atoms with Crippen LogP contribution in [0.2, 0.25) is 0 Å². The molecule has 0 radical (unpaired) electrons. The lowest BCUT2D eigenvalue weighted by molar-refractivity contribution is -0.890. The first kappa shape index (κ1) is 28.8. The van der Waals surface area contributed by atoms with Crippen molar-refractivity contribution in [2.45, 2.75) is 0 Å². The van der Waals surface area contributed by atoms with E-state index in [9.17, 15) is 13.0 Å². The van der Waals surface area contributed by atoms with E-state index in [-0.39, 0.29) is 5.57 Å². The highest BCUT2D eigenvalue weighted by atomic mass is 32.3. The van der Waals surface area contributed by atoms with Crippen LogP contribution in [0.4, 0.5) is 22.3 Å². The van der Waals surface area contributed by atoms with E-state index in [1.165, 1.54) is 11.3 Å². The molecule has 0 atom stereocenters. The van der Waals surface area contributed by atoms with Gasteiger partial charge in [-0.3, -0.25) is 4.18 Å². The molecule has 1 aromatic carbocycles. The van der Waals surface area contributed by atoms with Crippen LogP contribution >= 0.6 is 11.3 Å². The van der Waals surface area contributed by atoms with Crippen LogP contribution in [0.3, 0.4) is 0 Å². The third kappa shape index (κ3) is 8.99. The van der Waals surface area contributed by atoms with Gasteiger partial charge in [-0.15, -0.1) is 10.2 Å². The summed E-state index contributed by atoms with van der Waals surface area (Å²) in [6, 6.07) is 11.6. The Labute approximate surface area is 215 Å². The second-order valence-electron chi connectivity index (χ2n) is 8.52. The number of benzene rings is 1. The molecule has 0 spiro atoms. The van der Waals surface area contributed by atoms with Gasteiger partial charge in [0.05, 0.1) is 57.9 Å². The molecule has 1 saturated heterocycles. The highest BCUT2D eigenvalue weighted by Crippen LogP contribution is 2.35. The molecule has 1 aliphatic heterocycles. The van der Waals surface area contributed by atoms with Crippen LogP contribution in [0.25, 0.3) is 6.08 Å². The van der Waals surface area contributed by atoms with Crippen molar-refractivity contribution in [3.63, 3.8) is 0 Å². The monoisotopic (exact) mass is 532 g/mol. The number of thiazole rings is 1. The van der Waals surface area contributed by atoms with E-state index >= 15 is 0 Å². The number of aromatic nitrogens is 1. The Morgan fingerprint density at radius 3 is 2.22 bits per heavy atom. The largest absolute Gasteiger partial charge is 0.726 e. The normalized spacial score (nSPS) is 14.8. The Hall–Kier alpha value is -3.40. The SMILES string of the molecule is CN(C)c1ccc(N=Nc2nc(N3CC[N+](C)(C)CC3)c(C=C(C#N)C#N)s2)cc1.COS(=O)(=O)[O-]. The van der Waals surface area contributed by atoms with Gasteiger partial charge in [-0.25, -0.2) is 8.42 Å². The quantitative estimate of drug-likeness (QED) is 0.179. The molecule has 192 valence electrons. The molecule has 14 heteroatoms. The van der Waals surface area contributed by atoms with Gasteiger partial charge in [0.25, 0.3) is 0 Å². The van der Waals surface area contributed by atoms with Crippen molar-refractivity contribution >= 4 is 50.1 Å².